The van der Waals surface area contributed by atoms with Gasteiger partial charge in [0.2, 0.25) is 5.91 Å². The average molecular weight is 274 g/mol. The predicted octanol–water partition coefficient (Wildman–Crippen LogP) is 2.80. The van der Waals surface area contributed by atoms with E-state index in [9.17, 15) is 4.79 Å². The van der Waals surface area contributed by atoms with Crippen LogP contribution in [0.2, 0.25) is 0 Å². The van der Waals surface area contributed by atoms with Crippen LogP contribution in [0.25, 0.3) is 0 Å². The van der Waals surface area contributed by atoms with Gasteiger partial charge in [-0.2, -0.15) is 11.8 Å². The third-order valence-electron chi connectivity index (χ3n) is 2.94. The molecule has 0 aliphatic rings. The van der Waals surface area contributed by atoms with Gasteiger partial charge in [0, 0.05) is 12.1 Å². The summed E-state index contributed by atoms with van der Waals surface area (Å²) >= 11 is 1.95. The van der Waals surface area contributed by atoms with Gasteiger partial charge in [0.1, 0.15) is 0 Å². The molecule has 0 saturated heterocycles. The molecule has 108 valence electrons. The maximum absolute atomic E-state index is 11.9. The van der Waals surface area contributed by atoms with Crippen molar-refractivity contribution >= 4 is 17.7 Å². The number of rotatable bonds is 10. The van der Waals surface area contributed by atoms with E-state index in [1.165, 1.54) is 0 Å². The van der Waals surface area contributed by atoms with Crippen molar-refractivity contribution in [2.75, 3.05) is 11.5 Å². The Bertz CT molecular complexity index is 224. The molecule has 3 atom stereocenters. The molecule has 3 unspecified atom stereocenters. The van der Waals surface area contributed by atoms with Crippen LogP contribution in [0.5, 0.6) is 0 Å². The number of carbonyl (C=O) groups excluding carboxylic acids is 1. The lowest BCUT2D eigenvalue weighted by atomic mass is 10.1. The van der Waals surface area contributed by atoms with Crippen molar-refractivity contribution in [3.8, 4) is 0 Å². The van der Waals surface area contributed by atoms with E-state index in [0.717, 1.165) is 30.8 Å². The Morgan fingerprint density at radius 3 is 2.33 bits per heavy atom. The lowest BCUT2D eigenvalue weighted by Crippen LogP contribution is -2.48. The zero-order valence-corrected chi connectivity index (χ0v) is 13.4. The van der Waals surface area contributed by atoms with Crippen molar-refractivity contribution in [2.45, 2.75) is 72.0 Å². The van der Waals surface area contributed by atoms with Gasteiger partial charge in [-0.05, 0) is 45.1 Å². The number of carbonyl (C=O) groups is 1. The average Bonchev–Trinajstić information content (AvgIpc) is 2.29. The van der Waals surface area contributed by atoms with Gasteiger partial charge in [0.15, 0.2) is 0 Å². The zero-order chi connectivity index (χ0) is 14.0. The monoisotopic (exact) mass is 274 g/mol. The first kappa shape index (κ1) is 17.8. The zero-order valence-electron chi connectivity index (χ0n) is 12.6. The van der Waals surface area contributed by atoms with Crippen molar-refractivity contribution in [2.24, 2.45) is 0 Å². The van der Waals surface area contributed by atoms with Crippen LogP contribution in [0.1, 0.15) is 53.9 Å². The third kappa shape index (κ3) is 8.81. The molecule has 0 fully saturated rings. The van der Waals surface area contributed by atoms with Crippen molar-refractivity contribution in [1.82, 2.24) is 10.6 Å². The fourth-order valence-corrected chi connectivity index (χ4v) is 2.67. The predicted molar refractivity (Wildman–Crippen MR) is 82.2 cm³/mol. The normalized spacial score (nSPS) is 16.1. The Hall–Kier alpha value is -0.220. The molecule has 0 aliphatic carbocycles. The second kappa shape index (κ2) is 10.7. The fraction of sp³-hybridized carbons (Fsp3) is 0.929. The van der Waals surface area contributed by atoms with Gasteiger partial charge < -0.3 is 10.6 Å². The largest absolute Gasteiger partial charge is 0.352 e. The van der Waals surface area contributed by atoms with E-state index >= 15 is 0 Å². The summed E-state index contributed by atoms with van der Waals surface area (Å²) in [5.74, 6) is 2.44. The Kier molecular flexibility index (Phi) is 10.5. The maximum atomic E-state index is 11.9. The highest BCUT2D eigenvalue weighted by atomic mass is 32.2. The van der Waals surface area contributed by atoms with E-state index in [4.69, 9.17) is 0 Å². The Labute approximate surface area is 117 Å². The molecule has 0 aromatic rings. The van der Waals surface area contributed by atoms with E-state index < -0.39 is 0 Å². The Morgan fingerprint density at radius 1 is 1.11 bits per heavy atom. The molecule has 0 aromatic carbocycles. The van der Waals surface area contributed by atoms with Crippen molar-refractivity contribution in [1.29, 1.82) is 0 Å². The van der Waals surface area contributed by atoms with Crippen molar-refractivity contribution in [3.63, 3.8) is 0 Å². The summed E-state index contributed by atoms with van der Waals surface area (Å²) in [5, 5.41) is 6.41. The molecular weight excluding hydrogens is 244 g/mol. The molecule has 18 heavy (non-hydrogen) atoms. The number of hydrogen-bond acceptors (Lipinski definition) is 3. The highest BCUT2D eigenvalue weighted by molar-refractivity contribution is 7.99. The molecule has 0 heterocycles. The first-order chi connectivity index (χ1) is 8.51. The van der Waals surface area contributed by atoms with Crippen LogP contribution >= 0.6 is 11.8 Å². The maximum Gasteiger partial charge on any atom is 0.237 e. The molecule has 4 heteroatoms. The number of thioether (sulfide) groups is 1. The Balaban J connectivity index is 3.84. The first-order valence-electron chi connectivity index (χ1n) is 7.15. The first-order valence-corrected chi connectivity index (χ1v) is 8.30. The van der Waals surface area contributed by atoms with Crippen LogP contribution in [-0.2, 0) is 4.79 Å². The summed E-state index contributed by atoms with van der Waals surface area (Å²) in [6.45, 7) is 10.5. The minimum Gasteiger partial charge on any atom is -0.352 e. The molecule has 0 saturated carbocycles. The number of nitrogens with one attached hydrogen (secondary N) is 2. The van der Waals surface area contributed by atoms with E-state index in [2.05, 4.69) is 38.3 Å². The highest BCUT2D eigenvalue weighted by Gasteiger charge is 2.16. The summed E-state index contributed by atoms with van der Waals surface area (Å²) in [4.78, 5) is 11.9. The van der Waals surface area contributed by atoms with Gasteiger partial charge in [0.25, 0.3) is 0 Å². The van der Waals surface area contributed by atoms with Crippen LogP contribution in [0.3, 0.4) is 0 Å². The highest BCUT2D eigenvalue weighted by Crippen LogP contribution is 2.04. The van der Waals surface area contributed by atoms with Gasteiger partial charge in [0.05, 0.1) is 6.04 Å². The van der Waals surface area contributed by atoms with Gasteiger partial charge in [-0.1, -0.05) is 20.3 Å². The van der Waals surface area contributed by atoms with Crippen LogP contribution in [-0.4, -0.2) is 35.5 Å². The van der Waals surface area contributed by atoms with Gasteiger partial charge in [-0.25, -0.2) is 0 Å². The molecule has 3 nitrogen and oxygen atoms in total. The van der Waals surface area contributed by atoms with E-state index in [-0.39, 0.29) is 18.0 Å². The standard InChI is InChI=1S/C14H30N2OS/c1-6-8-11(3)16-14(17)13(5)15-12(4)9-10-18-7-2/h11-13,15H,6-10H2,1-5H3,(H,16,17). The lowest BCUT2D eigenvalue weighted by molar-refractivity contribution is -0.123. The molecule has 0 aromatic heterocycles. The molecule has 0 radical (unpaired) electrons. The number of amides is 1. The molecule has 2 N–H and O–H groups in total. The minimum absolute atomic E-state index is 0.106. The van der Waals surface area contributed by atoms with Crippen LogP contribution in [0.15, 0.2) is 0 Å². The fourth-order valence-electron chi connectivity index (χ4n) is 1.86. The Morgan fingerprint density at radius 2 is 1.78 bits per heavy atom. The topological polar surface area (TPSA) is 41.1 Å². The van der Waals surface area contributed by atoms with Gasteiger partial charge in [-0.15, -0.1) is 0 Å². The molecule has 0 aliphatic heterocycles. The number of hydrogen-bond donors (Lipinski definition) is 2. The minimum atomic E-state index is -0.106. The van der Waals surface area contributed by atoms with E-state index in [1.54, 1.807) is 0 Å². The summed E-state index contributed by atoms with van der Waals surface area (Å²) < 4.78 is 0. The van der Waals surface area contributed by atoms with Gasteiger partial charge in [-0.3, -0.25) is 4.79 Å². The summed E-state index contributed by atoms with van der Waals surface area (Å²) in [6.07, 6.45) is 3.26. The van der Waals surface area contributed by atoms with E-state index in [1.807, 2.05) is 18.7 Å². The smallest absolute Gasteiger partial charge is 0.237 e. The van der Waals surface area contributed by atoms with Crippen molar-refractivity contribution < 1.29 is 4.79 Å². The summed E-state index contributed by atoms with van der Waals surface area (Å²) in [5.41, 5.74) is 0. The molecule has 0 bridgehead atoms. The molecular formula is C14H30N2OS. The molecule has 0 rings (SSSR count). The SMILES string of the molecule is CCCC(C)NC(=O)C(C)NC(C)CCSCC. The summed E-state index contributed by atoms with van der Waals surface area (Å²) in [7, 11) is 0. The van der Waals surface area contributed by atoms with E-state index in [0.29, 0.717) is 6.04 Å². The van der Waals surface area contributed by atoms with Crippen LogP contribution < -0.4 is 10.6 Å². The molecule has 0 spiro atoms. The second-order valence-corrected chi connectivity index (χ2v) is 6.37. The van der Waals surface area contributed by atoms with Crippen LogP contribution in [0.4, 0.5) is 0 Å². The molecule has 1 amide bonds. The third-order valence-corrected chi connectivity index (χ3v) is 3.87. The lowest BCUT2D eigenvalue weighted by Gasteiger charge is -2.21. The van der Waals surface area contributed by atoms with Gasteiger partial charge >= 0.3 is 0 Å². The van der Waals surface area contributed by atoms with Crippen molar-refractivity contribution in [3.05, 3.63) is 0 Å². The quantitative estimate of drug-likeness (QED) is 0.602. The summed E-state index contributed by atoms with van der Waals surface area (Å²) in [6, 6.07) is 0.565. The van der Waals surface area contributed by atoms with Crippen LogP contribution in [0, 0.1) is 0 Å². The second-order valence-electron chi connectivity index (χ2n) is 4.97.